The van der Waals surface area contributed by atoms with Gasteiger partial charge in [0.2, 0.25) is 11.8 Å². The first-order valence-electron chi connectivity index (χ1n) is 12.1. The number of hydrogen-bond acceptors (Lipinski definition) is 3. The number of carbonyl (C=O) groups excluding carboxylic acids is 1. The van der Waals surface area contributed by atoms with Crippen molar-refractivity contribution in [2.24, 2.45) is 0 Å². The lowest BCUT2D eigenvalue weighted by molar-refractivity contribution is -0.0873. The van der Waals surface area contributed by atoms with Gasteiger partial charge in [-0.25, -0.2) is 22.4 Å². The molecule has 0 spiro atoms. The summed E-state index contributed by atoms with van der Waals surface area (Å²) < 4.78 is 59.0. The highest BCUT2D eigenvalue weighted by Gasteiger charge is 2.47. The van der Waals surface area contributed by atoms with Gasteiger partial charge in [-0.2, -0.15) is 5.01 Å². The summed E-state index contributed by atoms with van der Waals surface area (Å²) in [4.78, 5) is 13.2. The molecule has 3 aromatic rings. The van der Waals surface area contributed by atoms with E-state index in [1.54, 1.807) is 30.3 Å². The Morgan fingerprint density at radius 3 is 1.92 bits per heavy atom. The van der Waals surface area contributed by atoms with Crippen molar-refractivity contribution in [3.63, 3.8) is 0 Å². The maximum Gasteiger partial charge on any atom is 0.433 e. The highest BCUT2D eigenvalue weighted by Crippen LogP contribution is 2.51. The number of rotatable bonds is 7. The maximum absolute atomic E-state index is 13.4. The highest BCUT2D eigenvalue weighted by atomic mass is 35.5. The fourth-order valence-electron chi connectivity index (χ4n) is 4.80. The second-order valence-electron chi connectivity index (χ2n) is 9.85. The van der Waals surface area contributed by atoms with Crippen molar-refractivity contribution in [2.75, 3.05) is 10.4 Å². The summed E-state index contributed by atoms with van der Waals surface area (Å²) in [6, 6.07) is 18.7. The van der Waals surface area contributed by atoms with E-state index in [1.807, 2.05) is 30.3 Å². The first-order valence-corrected chi connectivity index (χ1v) is 12.9. The van der Waals surface area contributed by atoms with Crippen LogP contribution in [-0.4, -0.2) is 17.9 Å². The van der Waals surface area contributed by atoms with E-state index >= 15 is 0 Å². The zero-order chi connectivity index (χ0) is 27.1. The van der Waals surface area contributed by atoms with E-state index in [0.717, 1.165) is 10.6 Å². The topological polar surface area (TPSA) is 41.6 Å². The Balaban J connectivity index is 1.37. The van der Waals surface area contributed by atoms with Crippen LogP contribution in [-0.2, 0) is 11.3 Å². The van der Waals surface area contributed by atoms with Crippen LogP contribution in [0.3, 0.4) is 0 Å². The number of anilines is 2. The second-order valence-corrected chi connectivity index (χ2v) is 10.7. The first kappa shape index (κ1) is 26.6. The van der Waals surface area contributed by atoms with Gasteiger partial charge < -0.3 is 4.74 Å². The lowest BCUT2D eigenvalue weighted by atomic mass is 9.76. The lowest BCUT2D eigenvalue weighted by Crippen LogP contribution is -2.37. The molecule has 0 aromatic heterocycles. The normalized spacial score (nSPS) is 18.3. The molecule has 1 N–H and O–H groups in total. The van der Waals surface area contributed by atoms with Crippen molar-refractivity contribution in [3.05, 3.63) is 93.5 Å². The van der Waals surface area contributed by atoms with Crippen LogP contribution in [0.25, 0.3) is 0 Å². The third-order valence-electron chi connectivity index (χ3n) is 6.93. The molecule has 3 aromatic carbocycles. The zero-order valence-electron chi connectivity index (χ0n) is 20.1. The predicted octanol–water partition coefficient (Wildman–Crippen LogP) is 9.19. The maximum atomic E-state index is 13.4. The molecule has 200 valence electrons. The number of hydrogen-bond donors (Lipinski definition) is 1. The Kier molecular flexibility index (Phi) is 7.22. The van der Waals surface area contributed by atoms with Crippen LogP contribution >= 0.6 is 23.2 Å². The highest BCUT2D eigenvalue weighted by molar-refractivity contribution is 6.32. The number of halogens is 6. The molecule has 0 saturated heterocycles. The summed E-state index contributed by atoms with van der Waals surface area (Å²) in [6.07, 6.45) is -1.80. The Labute approximate surface area is 227 Å². The van der Waals surface area contributed by atoms with Crippen molar-refractivity contribution >= 4 is 40.7 Å². The molecule has 0 heterocycles. The summed E-state index contributed by atoms with van der Waals surface area (Å²) in [7, 11) is 0. The summed E-state index contributed by atoms with van der Waals surface area (Å²) in [5.74, 6) is -6.06. The van der Waals surface area contributed by atoms with Gasteiger partial charge in [-0.3, -0.25) is 5.43 Å². The van der Waals surface area contributed by atoms with Gasteiger partial charge >= 0.3 is 6.09 Å². The Morgan fingerprint density at radius 1 is 0.842 bits per heavy atom. The Bertz CT molecular complexity index is 1320. The zero-order valence-corrected chi connectivity index (χ0v) is 21.6. The third-order valence-corrected chi connectivity index (χ3v) is 7.59. The van der Waals surface area contributed by atoms with Crippen LogP contribution in [0.1, 0.15) is 54.2 Å². The second kappa shape index (κ2) is 10.3. The van der Waals surface area contributed by atoms with E-state index in [1.165, 1.54) is 6.07 Å². The molecule has 0 bridgehead atoms. The SMILES string of the molecule is O=C(OCc1ccccc1)N(Nc1ccc(C2CC(F)(F)C2)c(Cl)c1)c1ccc(C2CC(F)(F)C2)c(Cl)c1. The molecule has 0 radical (unpaired) electrons. The summed E-state index contributed by atoms with van der Waals surface area (Å²) in [5, 5.41) is 1.69. The van der Waals surface area contributed by atoms with E-state index in [9.17, 15) is 22.4 Å². The number of alkyl halides is 4. The molecular formula is C28H24Cl2F4N2O2. The third kappa shape index (κ3) is 5.86. The fraction of sp³-hybridized carbons (Fsp3) is 0.321. The Hall–Kier alpha value is -2.97. The molecule has 38 heavy (non-hydrogen) atoms. The number of hydrazine groups is 1. The van der Waals surface area contributed by atoms with Crippen LogP contribution in [0.5, 0.6) is 0 Å². The minimum atomic E-state index is -2.69. The molecule has 10 heteroatoms. The molecule has 2 aliphatic rings. The van der Waals surface area contributed by atoms with Gasteiger partial charge in [-0.1, -0.05) is 65.7 Å². The van der Waals surface area contributed by atoms with Crippen LogP contribution in [0.2, 0.25) is 10.0 Å². The summed E-state index contributed by atoms with van der Waals surface area (Å²) >= 11 is 12.9. The summed E-state index contributed by atoms with van der Waals surface area (Å²) in [6.45, 7) is 0.0103. The minimum absolute atomic E-state index is 0.0103. The van der Waals surface area contributed by atoms with E-state index in [-0.39, 0.29) is 49.1 Å². The quantitative estimate of drug-likeness (QED) is 0.229. The number of carbonyl (C=O) groups is 1. The molecule has 0 atom stereocenters. The predicted molar refractivity (Wildman–Crippen MR) is 139 cm³/mol. The van der Waals surface area contributed by atoms with Crippen molar-refractivity contribution in [3.8, 4) is 0 Å². The van der Waals surface area contributed by atoms with E-state index in [0.29, 0.717) is 27.5 Å². The largest absolute Gasteiger partial charge is 0.443 e. The van der Waals surface area contributed by atoms with Crippen LogP contribution in [0.15, 0.2) is 66.7 Å². The van der Waals surface area contributed by atoms with Gasteiger partial charge in [0.1, 0.15) is 6.61 Å². The number of nitrogens with one attached hydrogen (secondary N) is 1. The van der Waals surface area contributed by atoms with Gasteiger partial charge in [0, 0.05) is 35.7 Å². The molecule has 2 saturated carbocycles. The number of nitrogens with zero attached hydrogens (tertiary/aromatic N) is 1. The van der Waals surface area contributed by atoms with Gasteiger partial charge in [-0.15, -0.1) is 0 Å². The van der Waals surface area contributed by atoms with Gasteiger partial charge in [0.05, 0.1) is 11.4 Å². The molecule has 5 rings (SSSR count). The van der Waals surface area contributed by atoms with Crippen molar-refractivity contribution < 1.29 is 27.1 Å². The van der Waals surface area contributed by atoms with E-state index < -0.39 is 17.9 Å². The minimum Gasteiger partial charge on any atom is -0.443 e. The molecule has 0 aliphatic heterocycles. The van der Waals surface area contributed by atoms with Crippen molar-refractivity contribution in [1.82, 2.24) is 0 Å². The van der Waals surface area contributed by atoms with Crippen molar-refractivity contribution in [1.29, 1.82) is 0 Å². The molecule has 2 aliphatic carbocycles. The van der Waals surface area contributed by atoms with Gasteiger partial charge in [-0.05, 0) is 52.8 Å². The number of amides is 1. The summed E-state index contributed by atoms with van der Waals surface area (Å²) in [5.41, 5.74) is 5.68. The van der Waals surface area contributed by atoms with Crippen molar-refractivity contribution in [2.45, 2.75) is 56.0 Å². The molecular weight excluding hydrogens is 543 g/mol. The molecule has 4 nitrogen and oxygen atoms in total. The average Bonchev–Trinajstić information content (AvgIpc) is 2.83. The molecule has 1 amide bonds. The van der Waals surface area contributed by atoms with Gasteiger partial charge in [0.25, 0.3) is 0 Å². The number of benzene rings is 3. The van der Waals surface area contributed by atoms with Gasteiger partial charge in [0.15, 0.2) is 0 Å². The smallest absolute Gasteiger partial charge is 0.433 e. The number of ether oxygens (including phenoxy) is 1. The standard InChI is InChI=1S/C28H24Cl2F4N2O2/c29-24-10-20(6-8-22(24)18-12-27(31,32)13-18)35-36(26(37)38-16-17-4-2-1-3-5-17)21-7-9-23(25(30)11-21)19-14-28(33,34)15-19/h1-11,18-19,35H,12-16H2. The Morgan fingerprint density at radius 2 is 1.39 bits per heavy atom. The molecule has 0 unspecified atom stereocenters. The van der Waals surface area contributed by atoms with E-state index in [4.69, 9.17) is 27.9 Å². The van der Waals surface area contributed by atoms with Crippen LogP contribution < -0.4 is 10.4 Å². The monoisotopic (exact) mass is 566 g/mol. The van der Waals surface area contributed by atoms with E-state index in [2.05, 4.69) is 5.43 Å². The first-order chi connectivity index (χ1) is 18.0. The molecule has 2 fully saturated rings. The fourth-order valence-corrected chi connectivity index (χ4v) is 5.47. The lowest BCUT2D eigenvalue weighted by Gasteiger charge is -2.36. The average molecular weight is 567 g/mol. The van der Waals surface area contributed by atoms with Crippen LogP contribution in [0.4, 0.5) is 33.7 Å². The van der Waals surface area contributed by atoms with Crippen LogP contribution in [0, 0.1) is 0 Å².